The summed E-state index contributed by atoms with van der Waals surface area (Å²) >= 11 is 1.90. The number of aryl methyl sites for hydroxylation is 1. The second kappa shape index (κ2) is 2.91. The third kappa shape index (κ3) is 1.44. The van der Waals surface area contributed by atoms with Gasteiger partial charge in [-0.2, -0.15) is 0 Å². The van der Waals surface area contributed by atoms with Gasteiger partial charge in [0.25, 0.3) is 0 Å². The highest BCUT2D eigenvalue weighted by Crippen LogP contribution is 2.30. The van der Waals surface area contributed by atoms with Crippen molar-refractivity contribution in [1.29, 1.82) is 0 Å². The predicted octanol–water partition coefficient (Wildman–Crippen LogP) is 1.92. The minimum Gasteiger partial charge on any atom is -0.464 e. The number of hydrogen-bond acceptors (Lipinski definition) is 3. The standard InChI is InChI=1S/C8H11NOS/c1-6-2-3-7(10-6)8-9-4-5-11-8/h2-3,8-9H,4-5H2,1H3/t8-/m1/s1. The molecule has 0 unspecified atom stereocenters. The monoisotopic (exact) mass is 169 g/mol. The lowest BCUT2D eigenvalue weighted by atomic mass is 10.4. The van der Waals surface area contributed by atoms with Gasteiger partial charge >= 0.3 is 0 Å². The Labute approximate surface area is 70.4 Å². The predicted molar refractivity (Wildman–Crippen MR) is 46.6 cm³/mol. The third-order valence-electron chi connectivity index (χ3n) is 1.74. The molecule has 0 aliphatic carbocycles. The average Bonchev–Trinajstić information content (AvgIpc) is 2.55. The Morgan fingerprint density at radius 3 is 3.09 bits per heavy atom. The average molecular weight is 169 g/mol. The zero-order valence-corrected chi connectivity index (χ0v) is 7.28. The lowest BCUT2D eigenvalue weighted by Gasteiger charge is -2.03. The van der Waals surface area contributed by atoms with Gasteiger partial charge in [0, 0.05) is 12.3 Å². The minimum atomic E-state index is 0.392. The molecule has 3 heteroatoms. The maximum atomic E-state index is 5.48. The van der Waals surface area contributed by atoms with Crippen LogP contribution in [0.1, 0.15) is 16.9 Å². The van der Waals surface area contributed by atoms with Crippen LogP contribution >= 0.6 is 11.8 Å². The second-order valence-electron chi connectivity index (χ2n) is 2.65. The molecule has 2 heterocycles. The lowest BCUT2D eigenvalue weighted by molar-refractivity contribution is 0.466. The molecule has 1 saturated heterocycles. The van der Waals surface area contributed by atoms with E-state index in [0.29, 0.717) is 5.37 Å². The zero-order valence-electron chi connectivity index (χ0n) is 6.46. The molecule has 0 aromatic carbocycles. The maximum absolute atomic E-state index is 5.48. The van der Waals surface area contributed by atoms with Gasteiger partial charge in [-0.05, 0) is 19.1 Å². The van der Waals surface area contributed by atoms with Crippen molar-refractivity contribution in [2.45, 2.75) is 12.3 Å². The summed E-state index contributed by atoms with van der Waals surface area (Å²) in [7, 11) is 0. The summed E-state index contributed by atoms with van der Waals surface area (Å²) in [6, 6.07) is 4.06. The smallest absolute Gasteiger partial charge is 0.131 e. The largest absolute Gasteiger partial charge is 0.464 e. The summed E-state index contributed by atoms with van der Waals surface area (Å²) in [6.07, 6.45) is 0. The fourth-order valence-electron chi connectivity index (χ4n) is 1.20. The topological polar surface area (TPSA) is 25.2 Å². The van der Waals surface area contributed by atoms with E-state index in [1.807, 2.05) is 30.8 Å². The number of hydrogen-bond donors (Lipinski definition) is 1. The van der Waals surface area contributed by atoms with Crippen molar-refractivity contribution in [3.63, 3.8) is 0 Å². The van der Waals surface area contributed by atoms with Gasteiger partial charge in [0.2, 0.25) is 0 Å². The first kappa shape index (κ1) is 7.25. The molecule has 0 saturated carbocycles. The van der Waals surface area contributed by atoms with Gasteiger partial charge in [-0.1, -0.05) is 0 Å². The lowest BCUT2D eigenvalue weighted by Crippen LogP contribution is -2.11. The first-order valence-electron chi connectivity index (χ1n) is 3.77. The van der Waals surface area contributed by atoms with Crippen molar-refractivity contribution in [2.75, 3.05) is 12.3 Å². The Hall–Kier alpha value is -0.410. The van der Waals surface area contributed by atoms with Crippen LogP contribution in [-0.2, 0) is 0 Å². The molecule has 1 aromatic rings. The van der Waals surface area contributed by atoms with Crippen LogP contribution in [0.2, 0.25) is 0 Å². The summed E-state index contributed by atoms with van der Waals surface area (Å²) in [5.41, 5.74) is 0. The molecule has 2 nitrogen and oxygen atoms in total. The van der Waals surface area contributed by atoms with Gasteiger partial charge in [-0.15, -0.1) is 11.8 Å². The molecule has 2 rings (SSSR count). The zero-order chi connectivity index (χ0) is 7.68. The molecule has 11 heavy (non-hydrogen) atoms. The van der Waals surface area contributed by atoms with Gasteiger partial charge < -0.3 is 4.42 Å². The first-order chi connectivity index (χ1) is 5.36. The SMILES string of the molecule is Cc1ccc([C@@H]2NCCS2)o1. The molecule has 0 bridgehead atoms. The Morgan fingerprint density at radius 1 is 1.64 bits per heavy atom. The van der Waals surface area contributed by atoms with Crippen LogP contribution < -0.4 is 5.32 Å². The summed E-state index contributed by atoms with van der Waals surface area (Å²) in [5.74, 6) is 3.24. The van der Waals surface area contributed by atoms with Gasteiger partial charge in [0.05, 0.1) is 0 Å². The van der Waals surface area contributed by atoms with E-state index in [9.17, 15) is 0 Å². The fourth-order valence-corrected chi connectivity index (χ4v) is 2.20. The summed E-state index contributed by atoms with van der Waals surface area (Å²) in [4.78, 5) is 0. The van der Waals surface area contributed by atoms with Crippen molar-refractivity contribution in [1.82, 2.24) is 5.32 Å². The molecule has 1 aromatic heterocycles. The van der Waals surface area contributed by atoms with E-state index in [-0.39, 0.29) is 0 Å². The summed E-state index contributed by atoms with van der Waals surface area (Å²) in [6.45, 7) is 3.07. The van der Waals surface area contributed by atoms with E-state index < -0.39 is 0 Å². The highest BCUT2D eigenvalue weighted by molar-refractivity contribution is 7.99. The number of thioether (sulfide) groups is 1. The molecule has 1 N–H and O–H groups in total. The Kier molecular flexibility index (Phi) is 1.92. The van der Waals surface area contributed by atoms with E-state index in [4.69, 9.17) is 4.42 Å². The molecular weight excluding hydrogens is 158 g/mol. The molecule has 0 spiro atoms. The van der Waals surface area contributed by atoms with Crippen LogP contribution in [0.15, 0.2) is 16.5 Å². The van der Waals surface area contributed by atoms with E-state index in [0.717, 1.165) is 18.1 Å². The van der Waals surface area contributed by atoms with Gasteiger partial charge in [-0.3, -0.25) is 5.32 Å². The van der Waals surface area contributed by atoms with Crippen LogP contribution in [-0.4, -0.2) is 12.3 Å². The third-order valence-corrected chi connectivity index (χ3v) is 2.91. The van der Waals surface area contributed by atoms with Gasteiger partial charge in [0.15, 0.2) is 0 Å². The van der Waals surface area contributed by atoms with Crippen LogP contribution in [0.5, 0.6) is 0 Å². The second-order valence-corrected chi connectivity index (χ2v) is 3.87. The van der Waals surface area contributed by atoms with Crippen molar-refractivity contribution >= 4 is 11.8 Å². The Morgan fingerprint density at radius 2 is 2.55 bits per heavy atom. The summed E-state index contributed by atoms with van der Waals surface area (Å²) < 4.78 is 5.48. The quantitative estimate of drug-likeness (QED) is 0.695. The van der Waals surface area contributed by atoms with Crippen LogP contribution in [0.4, 0.5) is 0 Å². The highest BCUT2D eigenvalue weighted by Gasteiger charge is 2.19. The van der Waals surface area contributed by atoms with Crippen LogP contribution in [0, 0.1) is 6.92 Å². The van der Waals surface area contributed by atoms with Crippen LogP contribution in [0.3, 0.4) is 0 Å². The molecule has 0 amide bonds. The van der Waals surface area contributed by atoms with Crippen molar-refractivity contribution < 1.29 is 4.42 Å². The molecule has 1 atom stereocenters. The molecule has 1 aliphatic heterocycles. The Balaban J connectivity index is 2.15. The maximum Gasteiger partial charge on any atom is 0.131 e. The number of nitrogens with one attached hydrogen (secondary N) is 1. The highest BCUT2D eigenvalue weighted by atomic mass is 32.2. The molecule has 0 radical (unpaired) electrons. The van der Waals surface area contributed by atoms with E-state index >= 15 is 0 Å². The van der Waals surface area contributed by atoms with Crippen molar-refractivity contribution in [2.24, 2.45) is 0 Å². The fraction of sp³-hybridized carbons (Fsp3) is 0.500. The number of furan rings is 1. The first-order valence-corrected chi connectivity index (χ1v) is 4.82. The van der Waals surface area contributed by atoms with Crippen molar-refractivity contribution in [3.8, 4) is 0 Å². The Bertz CT molecular complexity index is 240. The normalized spacial score (nSPS) is 24.3. The number of rotatable bonds is 1. The summed E-state index contributed by atoms with van der Waals surface area (Å²) in [5, 5.41) is 3.75. The van der Waals surface area contributed by atoms with Crippen molar-refractivity contribution in [3.05, 3.63) is 23.7 Å². The minimum absolute atomic E-state index is 0.392. The van der Waals surface area contributed by atoms with Gasteiger partial charge in [-0.25, -0.2) is 0 Å². The van der Waals surface area contributed by atoms with Crippen LogP contribution in [0.25, 0.3) is 0 Å². The molecule has 1 aliphatic rings. The van der Waals surface area contributed by atoms with E-state index in [1.165, 1.54) is 5.75 Å². The molecule has 60 valence electrons. The van der Waals surface area contributed by atoms with E-state index in [1.54, 1.807) is 0 Å². The molecular formula is C8H11NOS. The molecule has 1 fully saturated rings. The van der Waals surface area contributed by atoms with Gasteiger partial charge in [0.1, 0.15) is 16.9 Å². The van der Waals surface area contributed by atoms with E-state index in [2.05, 4.69) is 5.32 Å².